The molecule has 2 heterocycles. The van der Waals surface area contributed by atoms with E-state index in [0.29, 0.717) is 6.42 Å². The molecule has 0 spiro atoms. The molecule has 47 heavy (non-hydrogen) atoms. The summed E-state index contributed by atoms with van der Waals surface area (Å²) in [4.78, 5) is 0. The van der Waals surface area contributed by atoms with Gasteiger partial charge < -0.3 is 8.98 Å². The molecule has 0 saturated heterocycles. The largest absolute Gasteiger partial charge is 0.455 e. The zero-order valence-electron chi connectivity index (χ0n) is 25.9. The van der Waals surface area contributed by atoms with Gasteiger partial charge in [0, 0.05) is 45.1 Å². The van der Waals surface area contributed by atoms with Crippen LogP contribution in [-0.4, -0.2) is 4.57 Å². The number of nitrogens with zero attached hydrogens (tertiary/aromatic N) is 1. The fraction of sp³-hybridized carbons (Fsp3) is 0.0667. The van der Waals surface area contributed by atoms with Crippen LogP contribution in [0.1, 0.15) is 29.5 Å². The second-order valence-corrected chi connectivity index (χ2v) is 12.2. The van der Waals surface area contributed by atoms with Crippen molar-refractivity contribution in [2.45, 2.75) is 19.3 Å². The summed E-state index contributed by atoms with van der Waals surface area (Å²) < 4.78 is 9.40. The van der Waals surface area contributed by atoms with Gasteiger partial charge in [-0.1, -0.05) is 133 Å². The molecule has 0 atom stereocenters. The summed E-state index contributed by atoms with van der Waals surface area (Å²) in [5.41, 5.74) is 13.0. The molecule has 2 heteroatoms. The summed E-state index contributed by atoms with van der Waals surface area (Å²) in [5.74, 6) is 8.28. The number of furan rings is 1. The summed E-state index contributed by atoms with van der Waals surface area (Å²) in [6, 6.07) is 43.6. The predicted molar refractivity (Wildman–Crippen MR) is 196 cm³/mol. The molecule has 0 aliphatic heterocycles. The Balaban J connectivity index is 1.26. The third-order valence-corrected chi connectivity index (χ3v) is 9.42. The number of hydrogen-bond donors (Lipinski definition) is 0. The Morgan fingerprint density at radius 3 is 2.15 bits per heavy atom. The Morgan fingerprint density at radius 1 is 0.638 bits per heavy atom. The Hall–Kier alpha value is -6.04. The van der Waals surface area contributed by atoms with Gasteiger partial charge in [0.05, 0.1) is 11.0 Å². The fourth-order valence-electron chi connectivity index (χ4n) is 7.21. The zero-order chi connectivity index (χ0) is 31.2. The first kappa shape index (κ1) is 27.3. The van der Waals surface area contributed by atoms with Crippen molar-refractivity contribution in [1.82, 2.24) is 4.57 Å². The first-order valence-electron chi connectivity index (χ1n) is 16.3. The Labute approximate surface area is 274 Å². The van der Waals surface area contributed by atoms with Gasteiger partial charge in [-0.25, -0.2) is 0 Å². The van der Waals surface area contributed by atoms with Crippen molar-refractivity contribution in [2.24, 2.45) is 0 Å². The summed E-state index contributed by atoms with van der Waals surface area (Å²) in [7, 11) is 0. The SMILES string of the molecule is C1#CCC(c2ccccc2-c2oc(-c3ccc4c5ccc(-c6ccccc6)cc5n(-c5ccccc5)c4c3)c3c2CCC=C3)=CC=C1. The van der Waals surface area contributed by atoms with Gasteiger partial charge in [0.1, 0.15) is 11.5 Å². The standard InChI is InChI=1S/C45H31NO/c1-2-6-18-32(17-5-1)36-21-11-12-22-39(36)45-41-24-14-13-23-40(41)44(47-45)34-26-28-38-37-27-25-33(31-15-7-3-8-16-31)29-42(37)46(43(38)30-34)35-19-9-4-10-20-35/h1,3-5,7-13,15-17,19-23,25-30H,14,18,24H2. The van der Waals surface area contributed by atoms with Crippen LogP contribution >= 0.6 is 0 Å². The van der Waals surface area contributed by atoms with E-state index < -0.39 is 0 Å². The molecule has 222 valence electrons. The molecule has 0 saturated carbocycles. The van der Waals surface area contributed by atoms with E-state index in [2.05, 4.69) is 156 Å². The molecule has 0 bridgehead atoms. The van der Waals surface area contributed by atoms with Crippen molar-refractivity contribution in [3.8, 4) is 51.3 Å². The maximum absolute atomic E-state index is 7.01. The number of benzene rings is 5. The first-order valence-corrected chi connectivity index (χ1v) is 16.3. The Morgan fingerprint density at radius 2 is 1.34 bits per heavy atom. The summed E-state index contributed by atoms with van der Waals surface area (Å²) in [5, 5.41) is 2.46. The van der Waals surface area contributed by atoms with Crippen molar-refractivity contribution in [3.63, 3.8) is 0 Å². The smallest absolute Gasteiger partial charge is 0.142 e. The molecular formula is C45H31NO. The molecule has 2 aliphatic carbocycles. The van der Waals surface area contributed by atoms with Crippen LogP contribution in [0.3, 0.4) is 0 Å². The lowest BCUT2D eigenvalue weighted by molar-refractivity contribution is 0.594. The number of aromatic nitrogens is 1. The van der Waals surface area contributed by atoms with Crippen LogP contribution in [0.5, 0.6) is 0 Å². The minimum Gasteiger partial charge on any atom is -0.455 e. The summed E-state index contributed by atoms with van der Waals surface area (Å²) >= 11 is 0. The molecule has 0 amide bonds. The maximum Gasteiger partial charge on any atom is 0.142 e. The zero-order valence-corrected chi connectivity index (χ0v) is 25.9. The van der Waals surface area contributed by atoms with Gasteiger partial charge >= 0.3 is 0 Å². The highest BCUT2D eigenvalue weighted by Gasteiger charge is 2.25. The third-order valence-electron chi connectivity index (χ3n) is 9.42. The van der Waals surface area contributed by atoms with E-state index in [1.54, 1.807) is 0 Å². The molecule has 0 fully saturated rings. The topological polar surface area (TPSA) is 18.1 Å². The molecule has 5 aromatic carbocycles. The van der Waals surface area contributed by atoms with Crippen LogP contribution < -0.4 is 0 Å². The Bertz CT molecular complexity index is 2470. The van der Waals surface area contributed by atoms with Gasteiger partial charge in [-0.05, 0) is 65.4 Å². The lowest BCUT2D eigenvalue weighted by Crippen LogP contribution is -1.95. The van der Waals surface area contributed by atoms with Crippen LogP contribution in [0.25, 0.3) is 72.9 Å². The average Bonchev–Trinajstić information content (AvgIpc) is 3.54. The molecule has 0 N–H and O–H groups in total. The van der Waals surface area contributed by atoms with Gasteiger partial charge in [-0.15, -0.1) is 0 Å². The van der Waals surface area contributed by atoms with Crippen LogP contribution in [0.4, 0.5) is 0 Å². The minimum absolute atomic E-state index is 0.715. The quantitative estimate of drug-likeness (QED) is 0.180. The summed E-state index contributed by atoms with van der Waals surface area (Å²) in [6.45, 7) is 0. The molecule has 2 aromatic heterocycles. The molecule has 9 rings (SSSR count). The molecule has 0 unspecified atom stereocenters. The first-order chi connectivity index (χ1) is 23.3. The van der Waals surface area contributed by atoms with Crippen molar-refractivity contribution in [2.75, 3.05) is 0 Å². The number of rotatable bonds is 5. The lowest BCUT2D eigenvalue weighted by atomic mass is 9.90. The second kappa shape index (κ2) is 11.4. The second-order valence-electron chi connectivity index (χ2n) is 12.2. The van der Waals surface area contributed by atoms with E-state index in [0.717, 1.165) is 46.7 Å². The van der Waals surface area contributed by atoms with Crippen molar-refractivity contribution in [1.29, 1.82) is 0 Å². The van der Waals surface area contributed by atoms with Crippen molar-refractivity contribution >= 4 is 33.5 Å². The van der Waals surface area contributed by atoms with Crippen molar-refractivity contribution < 1.29 is 4.42 Å². The lowest BCUT2D eigenvalue weighted by Gasteiger charge is -2.12. The van der Waals surface area contributed by atoms with E-state index >= 15 is 0 Å². The fourth-order valence-corrected chi connectivity index (χ4v) is 7.21. The predicted octanol–water partition coefficient (Wildman–Crippen LogP) is 11.7. The summed E-state index contributed by atoms with van der Waals surface area (Å²) in [6.07, 6.45) is 13.3. The number of hydrogen-bond acceptors (Lipinski definition) is 1. The van der Waals surface area contributed by atoms with Crippen molar-refractivity contribution in [3.05, 3.63) is 162 Å². The van der Waals surface area contributed by atoms with Gasteiger partial charge in [-0.3, -0.25) is 0 Å². The van der Waals surface area contributed by atoms with Gasteiger partial charge in [0.2, 0.25) is 0 Å². The van der Waals surface area contributed by atoms with Crippen LogP contribution in [0.2, 0.25) is 0 Å². The number of fused-ring (bicyclic) bond motifs is 4. The third kappa shape index (κ3) is 4.68. The van der Waals surface area contributed by atoms with E-state index in [4.69, 9.17) is 4.42 Å². The maximum atomic E-state index is 7.01. The highest BCUT2D eigenvalue weighted by Crippen LogP contribution is 2.44. The molecule has 2 aliphatic rings. The van der Waals surface area contributed by atoms with E-state index in [1.807, 2.05) is 12.2 Å². The monoisotopic (exact) mass is 601 g/mol. The van der Waals surface area contributed by atoms with E-state index in [1.165, 1.54) is 49.7 Å². The van der Waals surface area contributed by atoms with Gasteiger partial charge in [0.25, 0.3) is 0 Å². The average molecular weight is 602 g/mol. The van der Waals surface area contributed by atoms with E-state index in [-0.39, 0.29) is 0 Å². The highest BCUT2D eigenvalue weighted by atomic mass is 16.3. The molecule has 0 radical (unpaired) electrons. The highest BCUT2D eigenvalue weighted by molar-refractivity contribution is 6.11. The number of allylic oxidation sites excluding steroid dienone is 5. The minimum atomic E-state index is 0.715. The van der Waals surface area contributed by atoms with Crippen LogP contribution in [0.15, 0.2) is 150 Å². The van der Waals surface area contributed by atoms with Crippen LogP contribution in [0, 0.1) is 11.8 Å². The van der Waals surface area contributed by atoms with E-state index in [9.17, 15) is 0 Å². The molecular weight excluding hydrogens is 571 g/mol. The normalized spacial score (nSPS) is 13.7. The van der Waals surface area contributed by atoms with Crippen LogP contribution in [-0.2, 0) is 6.42 Å². The number of para-hydroxylation sites is 1. The van der Waals surface area contributed by atoms with Gasteiger partial charge in [0.15, 0.2) is 0 Å². The molecule has 2 nitrogen and oxygen atoms in total. The molecule has 7 aromatic rings. The Kier molecular flexibility index (Phi) is 6.61. The van der Waals surface area contributed by atoms with Gasteiger partial charge in [-0.2, -0.15) is 0 Å².